The summed E-state index contributed by atoms with van der Waals surface area (Å²) in [4.78, 5) is 10.7. The van der Waals surface area contributed by atoms with E-state index in [2.05, 4.69) is 26.7 Å². The molecule has 6 heteroatoms. The average Bonchev–Trinajstić information content (AvgIpc) is 2.38. The highest BCUT2D eigenvalue weighted by Gasteiger charge is 2.32. The lowest BCUT2D eigenvalue weighted by atomic mass is 10.1. The molecule has 3 heterocycles. The molecular formula is C13H20FN5. The van der Waals surface area contributed by atoms with E-state index in [-0.39, 0.29) is 5.82 Å². The predicted molar refractivity (Wildman–Crippen MR) is 73.7 cm³/mol. The van der Waals surface area contributed by atoms with Crippen LogP contribution in [0.25, 0.3) is 0 Å². The van der Waals surface area contributed by atoms with Gasteiger partial charge in [0.1, 0.15) is 0 Å². The summed E-state index contributed by atoms with van der Waals surface area (Å²) in [7, 11) is 2.14. The summed E-state index contributed by atoms with van der Waals surface area (Å²) < 4.78 is 13.9. The SMILES string of the molecule is CN1CCN2CCN(c3c(N)cncc3F)CC2C1. The third-order valence-corrected chi connectivity index (χ3v) is 4.11. The third kappa shape index (κ3) is 2.37. The van der Waals surface area contributed by atoms with Gasteiger partial charge in [-0.1, -0.05) is 0 Å². The number of aromatic nitrogens is 1. The van der Waals surface area contributed by atoms with Gasteiger partial charge in [-0.15, -0.1) is 0 Å². The summed E-state index contributed by atoms with van der Waals surface area (Å²) in [6.45, 7) is 5.87. The average molecular weight is 265 g/mol. The van der Waals surface area contributed by atoms with Crippen LogP contribution >= 0.6 is 0 Å². The molecule has 0 radical (unpaired) electrons. The number of nitrogens with two attached hydrogens (primary N) is 1. The van der Waals surface area contributed by atoms with E-state index in [1.165, 1.54) is 12.4 Å². The molecule has 2 aliphatic heterocycles. The maximum atomic E-state index is 13.9. The van der Waals surface area contributed by atoms with Crippen molar-refractivity contribution in [2.75, 3.05) is 56.9 Å². The van der Waals surface area contributed by atoms with Crippen LogP contribution in [0.4, 0.5) is 15.8 Å². The van der Waals surface area contributed by atoms with E-state index in [1.807, 2.05) is 0 Å². The van der Waals surface area contributed by atoms with E-state index < -0.39 is 0 Å². The number of nitrogen functional groups attached to an aromatic ring is 1. The zero-order chi connectivity index (χ0) is 13.4. The first-order chi connectivity index (χ1) is 9.15. The Kier molecular flexibility index (Phi) is 3.28. The summed E-state index contributed by atoms with van der Waals surface area (Å²) in [6, 6.07) is 0.458. The van der Waals surface area contributed by atoms with Crippen molar-refractivity contribution in [2.24, 2.45) is 0 Å². The number of pyridine rings is 1. The predicted octanol–water partition coefficient (Wildman–Crippen LogP) is 0.239. The number of fused-ring (bicyclic) bond motifs is 1. The molecule has 0 bridgehead atoms. The van der Waals surface area contributed by atoms with Crippen LogP contribution in [0.1, 0.15) is 0 Å². The minimum absolute atomic E-state index is 0.322. The Bertz CT molecular complexity index is 446. The van der Waals surface area contributed by atoms with Gasteiger partial charge in [-0.25, -0.2) is 4.39 Å². The maximum Gasteiger partial charge on any atom is 0.166 e. The van der Waals surface area contributed by atoms with Crippen molar-refractivity contribution in [2.45, 2.75) is 6.04 Å². The molecular weight excluding hydrogens is 245 g/mol. The van der Waals surface area contributed by atoms with Gasteiger partial charge < -0.3 is 15.5 Å². The van der Waals surface area contributed by atoms with Gasteiger partial charge in [0.2, 0.25) is 0 Å². The number of piperazine rings is 2. The number of hydrogen-bond donors (Lipinski definition) is 1. The number of nitrogens with zero attached hydrogens (tertiary/aromatic N) is 4. The molecule has 2 N–H and O–H groups in total. The first-order valence-corrected chi connectivity index (χ1v) is 6.71. The Hall–Kier alpha value is -1.40. The van der Waals surface area contributed by atoms with Gasteiger partial charge in [0.05, 0.1) is 23.8 Å². The lowest BCUT2D eigenvalue weighted by Crippen LogP contribution is -2.61. The molecule has 2 saturated heterocycles. The lowest BCUT2D eigenvalue weighted by Gasteiger charge is -2.47. The molecule has 0 amide bonds. The first kappa shape index (κ1) is 12.6. The van der Waals surface area contributed by atoms with E-state index in [9.17, 15) is 4.39 Å². The first-order valence-electron chi connectivity index (χ1n) is 6.71. The van der Waals surface area contributed by atoms with Gasteiger partial charge in [-0.2, -0.15) is 0 Å². The van der Waals surface area contributed by atoms with Crippen molar-refractivity contribution in [3.05, 3.63) is 18.2 Å². The Balaban J connectivity index is 1.80. The fourth-order valence-corrected chi connectivity index (χ4v) is 3.09. The highest BCUT2D eigenvalue weighted by molar-refractivity contribution is 5.67. The Morgan fingerprint density at radius 2 is 2.00 bits per heavy atom. The molecule has 0 spiro atoms. The zero-order valence-corrected chi connectivity index (χ0v) is 11.2. The van der Waals surface area contributed by atoms with Crippen LogP contribution in [0.15, 0.2) is 12.4 Å². The molecule has 1 atom stereocenters. The van der Waals surface area contributed by atoms with Crippen LogP contribution in [0, 0.1) is 5.82 Å². The Morgan fingerprint density at radius 3 is 2.79 bits per heavy atom. The number of likely N-dealkylation sites (N-methyl/N-ethyl adjacent to an activating group) is 1. The molecule has 1 aromatic rings. The van der Waals surface area contributed by atoms with Gasteiger partial charge in [-0.3, -0.25) is 9.88 Å². The van der Waals surface area contributed by atoms with Crippen molar-refractivity contribution in [3.63, 3.8) is 0 Å². The van der Waals surface area contributed by atoms with E-state index in [0.29, 0.717) is 17.4 Å². The van der Waals surface area contributed by atoms with Gasteiger partial charge in [-0.05, 0) is 7.05 Å². The molecule has 1 unspecified atom stereocenters. The summed E-state index contributed by atoms with van der Waals surface area (Å²) in [5, 5.41) is 0. The van der Waals surface area contributed by atoms with Crippen LogP contribution in [0.2, 0.25) is 0 Å². The largest absolute Gasteiger partial charge is 0.396 e. The molecule has 5 nitrogen and oxygen atoms in total. The third-order valence-electron chi connectivity index (χ3n) is 4.11. The van der Waals surface area contributed by atoms with Gasteiger partial charge in [0.15, 0.2) is 5.82 Å². The molecule has 2 aliphatic rings. The second kappa shape index (κ2) is 4.94. The van der Waals surface area contributed by atoms with Gasteiger partial charge >= 0.3 is 0 Å². The quantitative estimate of drug-likeness (QED) is 0.788. The van der Waals surface area contributed by atoms with E-state index in [0.717, 1.165) is 39.3 Å². The molecule has 0 saturated carbocycles. The topological polar surface area (TPSA) is 48.6 Å². The molecule has 3 rings (SSSR count). The van der Waals surface area contributed by atoms with Crippen LogP contribution in [-0.4, -0.2) is 67.1 Å². The summed E-state index contributed by atoms with van der Waals surface area (Å²) in [6.07, 6.45) is 2.77. The molecule has 2 fully saturated rings. The minimum Gasteiger partial charge on any atom is -0.396 e. The van der Waals surface area contributed by atoms with Crippen LogP contribution in [-0.2, 0) is 0 Å². The van der Waals surface area contributed by atoms with Crippen molar-refractivity contribution in [3.8, 4) is 0 Å². The van der Waals surface area contributed by atoms with Crippen molar-refractivity contribution < 1.29 is 4.39 Å². The number of rotatable bonds is 1. The monoisotopic (exact) mass is 265 g/mol. The van der Waals surface area contributed by atoms with E-state index in [1.54, 1.807) is 0 Å². The Labute approximate surface area is 112 Å². The van der Waals surface area contributed by atoms with E-state index >= 15 is 0 Å². The number of halogens is 1. The highest BCUT2D eigenvalue weighted by atomic mass is 19.1. The summed E-state index contributed by atoms with van der Waals surface area (Å²) in [5.41, 5.74) is 6.82. The normalized spacial score (nSPS) is 25.4. The standard InChI is InChI=1S/C13H20FN5/c1-17-2-3-18-4-5-19(9-10(18)8-17)13-11(14)6-16-7-12(13)15/h6-7,10H,2-5,8-9,15H2,1H3. The number of hydrogen-bond acceptors (Lipinski definition) is 5. The van der Waals surface area contributed by atoms with Crippen LogP contribution in [0.5, 0.6) is 0 Å². The second-order valence-corrected chi connectivity index (χ2v) is 5.46. The van der Waals surface area contributed by atoms with Crippen LogP contribution < -0.4 is 10.6 Å². The summed E-state index contributed by atoms with van der Waals surface area (Å²) in [5.74, 6) is -0.322. The molecule has 1 aromatic heterocycles. The van der Waals surface area contributed by atoms with Crippen LogP contribution in [0.3, 0.4) is 0 Å². The minimum atomic E-state index is -0.322. The number of anilines is 2. The fourth-order valence-electron chi connectivity index (χ4n) is 3.09. The summed E-state index contributed by atoms with van der Waals surface area (Å²) >= 11 is 0. The molecule has 0 aliphatic carbocycles. The molecule has 104 valence electrons. The fraction of sp³-hybridized carbons (Fsp3) is 0.615. The van der Waals surface area contributed by atoms with Crippen molar-refractivity contribution in [1.82, 2.24) is 14.8 Å². The van der Waals surface area contributed by atoms with Crippen molar-refractivity contribution >= 4 is 11.4 Å². The van der Waals surface area contributed by atoms with Crippen molar-refractivity contribution in [1.29, 1.82) is 0 Å². The molecule has 19 heavy (non-hydrogen) atoms. The van der Waals surface area contributed by atoms with Gasteiger partial charge in [0, 0.05) is 45.3 Å². The second-order valence-electron chi connectivity index (χ2n) is 5.46. The maximum absolute atomic E-state index is 13.9. The zero-order valence-electron chi connectivity index (χ0n) is 11.2. The molecule has 0 aromatic carbocycles. The van der Waals surface area contributed by atoms with E-state index in [4.69, 9.17) is 5.73 Å². The van der Waals surface area contributed by atoms with Gasteiger partial charge in [0.25, 0.3) is 0 Å². The lowest BCUT2D eigenvalue weighted by molar-refractivity contribution is 0.0805. The Morgan fingerprint density at radius 1 is 1.21 bits per heavy atom. The smallest absolute Gasteiger partial charge is 0.166 e. The highest BCUT2D eigenvalue weighted by Crippen LogP contribution is 2.28.